The molecule has 31 heavy (non-hydrogen) atoms. The third kappa shape index (κ3) is 7.40. The highest BCUT2D eigenvalue weighted by Gasteiger charge is 2.24. The lowest BCUT2D eigenvalue weighted by Crippen LogP contribution is -2.42. The number of hydrogen-bond acceptors (Lipinski definition) is 3. The molecule has 0 unspecified atom stereocenters. The molecule has 0 bridgehead atoms. The molecule has 1 amide bonds. The number of nitrogens with zero attached hydrogens (tertiary/aromatic N) is 2. The van der Waals surface area contributed by atoms with E-state index in [9.17, 15) is 13.6 Å². The van der Waals surface area contributed by atoms with Crippen molar-refractivity contribution in [2.24, 2.45) is 5.92 Å². The van der Waals surface area contributed by atoms with Crippen LogP contribution in [-0.4, -0.2) is 55.6 Å². The first-order valence-electron chi connectivity index (χ1n) is 11.0. The van der Waals surface area contributed by atoms with Gasteiger partial charge in [-0.2, -0.15) is 0 Å². The standard InChI is InChI=1S/C25H32F2N2O2/c1-31-17-16-29(25(30)11-8-20-6-9-23(26)10-7-20)18-21-12-14-28(15-13-21)19-22-4-2-3-5-24(22)27/h2-7,9-10,21H,8,11-19H2,1H3. The highest BCUT2D eigenvalue weighted by Crippen LogP contribution is 2.21. The normalized spacial score (nSPS) is 15.2. The maximum absolute atomic E-state index is 13.9. The van der Waals surface area contributed by atoms with E-state index in [0.29, 0.717) is 38.5 Å². The Bertz CT molecular complexity index is 821. The number of amides is 1. The van der Waals surface area contributed by atoms with Gasteiger partial charge in [0.05, 0.1) is 6.61 Å². The summed E-state index contributed by atoms with van der Waals surface area (Å²) in [6.45, 7) is 4.24. The average molecular weight is 431 g/mol. The van der Waals surface area contributed by atoms with Crippen LogP contribution in [0.2, 0.25) is 0 Å². The summed E-state index contributed by atoms with van der Waals surface area (Å²) in [6.07, 6.45) is 2.98. The summed E-state index contributed by atoms with van der Waals surface area (Å²) >= 11 is 0. The molecule has 2 aromatic carbocycles. The van der Waals surface area contributed by atoms with E-state index in [2.05, 4.69) is 4.90 Å². The smallest absolute Gasteiger partial charge is 0.222 e. The van der Waals surface area contributed by atoms with Gasteiger partial charge in [-0.1, -0.05) is 30.3 Å². The molecule has 0 aromatic heterocycles. The summed E-state index contributed by atoms with van der Waals surface area (Å²) in [7, 11) is 1.64. The first kappa shape index (κ1) is 23.4. The molecular weight excluding hydrogens is 398 g/mol. The third-order valence-corrected chi connectivity index (χ3v) is 6.00. The van der Waals surface area contributed by atoms with Gasteiger partial charge in [0.1, 0.15) is 11.6 Å². The predicted molar refractivity (Wildman–Crippen MR) is 118 cm³/mol. The van der Waals surface area contributed by atoms with Crippen molar-refractivity contribution in [3.05, 3.63) is 71.3 Å². The molecule has 0 atom stereocenters. The Morgan fingerprint density at radius 2 is 1.81 bits per heavy atom. The molecule has 0 spiro atoms. The second kappa shape index (κ2) is 11.9. The van der Waals surface area contributed by atoms with Crippen LogP contribution in [-0.2, 0) is 22.5 Å². The summed E-state index contributed by atoms with van der Waals surface area (Å²) < 4.78 is 32.2. The molecular formula is C25H32F2N2O2. The average Bonchev–Trinajstić information content (AvgIpc) is 2.78. The number of ether oxygens (including phenoxy) is 1. The minimum absolute atomic E-state index is 0.107. The molecule has 0 radical (unpaired) electrons. The Kier molecular flexibility index (Phi) is 8.98. The van der Waals surface area contributed by atoms with Gasteiger partial charge < -0.3 is 9.64 Å². The van der Waals surface area contributed by atoms with E-state index in [4.69, 9.17) is 4.74 Å². The van der Waals surface area contributed by atoms with Crippen molar-refractivity contribution in [2.75, 3.05) is 39.9 Å². The summed E-state index contributed by atoms with van der Waals surface area (Å²) in [6, 6.07) is 13.3. The van der Waals surface area contributed by atoms with E-state index >= 15 is 0 Å². The largest absolute Gasteiger partial charge is 0.383 e. The van der Waals surface area contributed by atoms with Crippen molar-refractivity contribution in [3.8, 4) is 0 Å². The number of hydrogen-bond donors (Lipinski definition) is 0. The number of likely N-dealkylation sites (tertiary alicyclic amines) is 1. The SMILES string of the molecule is COCCN(CC1CCN(Cc2ccccc2F)CC1)C(=O)CCc1ccc(F)cc1. The number of methoxy groups -OCH3 is 1. The molecule has 6 heteroatoms. The van der Waals surface area contributed by atoms with Crippen molar-refractivity contribution in [1.82, 2.24) is 9.80 Å². The summed E-state index contributed by atoms with van der Waals surface area (Å²) in [5.41, 5.74) is 1.70. The van der Waals surface area contributed by atoms with Crippen LogP contribution in [0.25, 0.3) is 0 Å². The van der Waals surface area contributed by atoms with Crippen LogP contribution >= 0.6 is 0 Å². The highest BCUT2D eigenvalue weighted by molar-refractivity contribution is 5.76. The van der Waals surface area contributed by atoms with Crippen molar-refractivity contribution in [3.63, 3.8) is 0 Å². The fourth-order valence-corrected chi connectivity index (χ4v) is 4.09. The number of piperidine rings is 1. The fraction of sp³-hybridized carbons (Fsp3) is 0.480. The molecule has 4 nitrogen and oxygen atoms in total. The van der Waals surface area contributed by atoms with E-state index < -0.39 is 0 Å². The topological polar surface area (TPSA) is 32.8 Å². The third-order valence-electron chi connectivity index (χ3n) is 6.00. The first-order valence-corrected chi connectivity index (χ1v) is 11.0. The lowest BCUT2D eigenvalue weighted by atomic mass is 9.95. The van der Waals surface area contributed by atoms with Crippen LogP contribution < -0.4 is 0 Å². The predicted octanol–water partition coefficient (Wildman–Crippen LogP) is 4.28. The number of aryl methyl sites for hydroxylation is 1. The van der Waals surface area contributed by atoms with E-state index in [1.54, 1.807) is 25.3 Å². The minimum Gasteiger partial charge on any atom is -0.383 e. The lowest BCUT2D eigenvalue weighted by molar-refractivity contribution is -0.132. The lowest BCUT2D eigenvalue weighted by Gasteiger charge is -2.35. The van der Waals surface area contributed by atoms with E-state index in [1.165, 1.54) is 18.2 Å². The van der Waals surface area contributed by atoms with Gasteiger partial charge in [-0.25, -0.2) is 8.78 Å². The van der Waals surface area contributed by atoms with Gasteiger partial charge in [0.2, 0.25) is 5.91 Å². The Balaban J connectivity index is 1.48. The number of halogens is 2. The number of rotatable bonds is 10. The molecule has 1 heterocycles. The van der Waals surface area contributed by atoms with Gasteiger partial charge >= 0.3 is 0 Å². The Morgan fingerprint density at radius 3 is 2.48 bits per heavy atom. The zero-order valence-corrected chi connectivity index (χ0v) is 18.2. The molecule has 1 aliphatic heterocycles. The van der Waals surface area contributed by atoms with Gasteiger partial charge in [0.25, 0.3) is 0 Å². The van der Waals surface area contributed by atoms with E-state index in [-0.39, 0.29) is 17.5 Å². The quantitative estimate of drug-likeness (QED) is 0.564. The van der Waals surface area contributed by atoms with Crippen molar-refractivity contribution in [2.45, 2.75) is 32.2 Å². The molecule has 0 N–H and O–H groups in total. The maximum atomic E-state index is 13.9. The van der Waals surface area contributed by atoms with Gasteiger partial charge in [-0.05, 0) is 62.0 Å². The van der Waals surface area contributed by atoms with Crippen molar-refractivity contribution < 1.29 is 18.3 Å². The van der Waals surface area contributed by atoms with Crippen LogP contribution in [0.1, 0.15) is 30.4 Å². The van der Waals surface area contributed by atoms with Crippen LogP contribution in [0.5, 0.6) is 0 Å². The monoisotopic (exact) mass is 430 g/mol. The number of carbonyl (C=O) groups excluding carboxylic acids is 1. The number of carbonyl (C=O) groups is 1. The maximum Gasteiger partial charge on any atom is 0.222 e. The van der Waals surface area contributed by atoms with E-state index in [0.717, 1.165) is 43.6 Å². The minimum atomic E-state index is -0.266. The molecule has 1 saturated heterocycles. The van der Waals surface area contributed by atoms with Crippen LogP contribution in [0.15, 0.2) is 48.5 Å². The van der Waals surface area contributed by atoms with Gasteiger partial charge in [-0.15, -0.1) is 0 Å². The fourth-order valence-electron chi connectivity index (χ4n) is 4.09. The summed E-state index contributed by atoms with van der Waals surface area (Å²) in [5.74, 6) is 0.124. The van der Waals surface area contributed by atoms with Crippen LogP contribution in [0, 0.1) is 17.6 Å². The Labute approximate surface area is 183 Å². The zero-order valence-electron chi connectivity index (χ0n) is 18.2. The molecule has 2 aromatic rings. The van der Waals surface area contributed by atoms with Crippen LogP contribution in [0.3, 0.4) is 0 Å². The van der Waals surface area contributed by atoms with Gasteiger partial charge in [0.15, 0.2) is 0 Å². The first-order chi connectivity index (χ1) is 15.0. The molecule has 1 fully saturated rings. The molecule has 168 valence electrons. The Hall–Kier alpha value is -2.31. The van der Waals surface area contributed by atoms with Gasteiger partial charge in [-0.3, -0.25) is 9.69 Å². The second-order valence-electron chi connectivity index (χ2n) is 8.27. The van der Waals surface area contributed by atoms with Crippen molar-refractivity contribution in [1.29, 1.82) is 0 Å². The highest BCUT2D eigenvalue weighted by atomic mass is 19.1. The summed E-state index contributed by atoms with van der Waals surface area (Å²) in [5, 5.41) is 0. The Morgan fingerprint density at radius 1 is 1.10 bits per heavy atom. The van der Waals surface area contributed by atoms with Gasteiger partial charge in [0, 0.05) is 38.7 Å². The molecule has 0 saturated carbocycles. The van der Waals surface area contributed by atoms with E-state index in [1.807, 2.05) is 17.0 Å². The molecule has 0 aliphatic carbocycles. The molecule has 1 aliphatic rings. The summed E-state index contributed by atoms with van der Waals surface area (Å²) in [4.78, 5) is 17.0. The number of benzene rings is 2. The van der Waals surface area contributed by atoms with Crippen LogP contribution in [0.4, 0.5) is 8.78 Å². The van der Waals surface area contributed by atoms with Crippen molar-refractivity contribution >= 4 is 5.91 Å². The zero-order chi connectivity index (χ0) is 22.1. The second-order valence-corrected chi connectivity index (χ2v) is 8.27. The molecule has 3 rings (SSSR count).